The van der Waals surface area contributed by atoms with E-state index in [9.17, 15) is 4.79 Å². The first kappa shape index (κ1) is 23.3. The maximum atomic E-state index is 12.7. The number of rotatable bonds is 9. The number of benzene rings is 2. The number of hydrogen-bond acceptors (Lipinski definition) is 2. The van der Waals surface area contributed by atoms with Crippen LogP contribution in [0, 0.1) is 6.92 Å². The second-order valence-corrected chi connectivity index (χ2v) is 9.51. The zero-order valence-corrected chi connectivity index (χ0v) is 20.3. The molecule has 0 unspecified atom stereocenters. The van der Waals surface area contributed by atoms with Gasteiger partial charge in [-0.3, -0.25) is 9.69 Å². The summed E-state index contributed by atoms with van der Waals surface area (Å²) in [5.74, 6) is 0.00645. The van der Waals surface area contributed by atoms with Crippen LogP contribution in [0.15, 0.2) is 60.7 Å². The molecule has 0 atom stereocenters. The zero-order chi connectivity index (χ0) is 23.2. The topological polar surface area (TPSA) is 37.3 Å². The molecule has 0 saturated carbocycles. The summed E-state index contributed by atoms with van der Waals surface area (Å²) in [4.78, 5) is 15.1. The fourth-order valence-electron chi connectivity index (χ4n) is 4.90. The van der Waals surface area contributed by atoms with Crippen molar-refractivity contribution in [2.75, 3.05) is 13.1 Å². The van der Waals surface area contributed by atoms with E-state index in [0.29, 0.717) is 12.6 Å². The molecule has 33 heavy (non-hydrogen) atoms. The van der Waals surface area contributed by atoms with Crippen LogP contribution in [0.3, 0.4) is 0 Å². The van der Waals surface area contributed by atoms with Crippen LogP contribution in [-0.2, 0) is 19.4 Å². The first-order valence-electron chi connectivity index (χ1n) is 12.4. The smallest absolute Gasteiger partial charge is 0.251 e. The number of carbonyl (C=O) groups excluding carboxylic acids is 1. The molecule has 0 radical (unpaired) electrons. The van der Waals surface area contributed by atoms with Gasteiger partial charge < -0.3 is 9.88 Å². The lowest BCUT2D eigenvalue weighted by Gasteiger charge is -2.26. The largest absolute Gasteiger partial charge is 0.352 e. The third-order valence-corrected chi connectivity index (χ3v) is 6.74. The Labute approximate surface area is 198 Å². The third-order valence-electron chi connectivity index (χ3n) is 6.74. The van der Waals surface area contributed by atoms with E-state index in [4.69, 9.17) is 0 Å². The summed E-state index contributed by atoms with van der Waals surface area (Å²) in [6.45, 7) is 9.22. The van der Waals surface area contributed by atoms with Gasteiger partial charge in [-0.05, 0) is 94.3 Å². The predicted octanol–water partition coefficient (Wildman–Crippen LogP) is 5.70. The minimum atomic E-state index is 0.00645. The lowest BCUT2D eigenvalue weighted by atomic mass is 9.98. The second-order valence-electron chi connectivity index (χ2n) is 9.51. The Morgan fingerprint density at radius 1 is 1.03 bits per heavy atom. The molecule has 4 rings (SSSR count). The van der Waals surface area contributed by atoms with Crippen LogP contribution in [0.1, 0.15) is 66.0 Å². The number of aromatic nitrogens is 1. The lowest BCUT2D eigenvalue weighted by molar-refractivity contribution is 0.0950. The van der Waals surface area contributed by atoms with E-state index in [0.717, 1.165) is 37.2 Å². The summed E-state index contributed by atoms with van der Waals surface area (Å²) >= 11 is 0. The average molecular weight is 444 g/mol. The Bertz CT molecular complexity index is 1050. The van der Waals surface area contributed by atoms with Crippen molar-refractivity contribution >= 4 is 5.91 Å². The molecule has 0 bridgehead atoms. The maximum absolute atomic E-state index is 12.7. The number of aryl methyl sites for hydroxylation is 2. The molecule has 1 N–H and O–H groups in total. The highest BCUT2D eigenvalue weighted by Gasteiger charge is 2.17. The number of hydrogen-bond donors (Lipinski definition) is 1. The molecule has 0 aliphatic heterocycles. The quantitative estimate of drug-likeness (QED) is 0.431. The number of carbonyl (C=O) groups is 1. The molecule has 174 valence electrons. The maximum Gasteiger partial charge on any atom is 0.251 e. The fraction of sp³-hybridized carbons (Fsp3) is 0.414. The van der Waals surface area contributed by atoms with Crippen LogP contribution in [-0.4, -0.2) is 34.5 Å². The number of fused-ring (bicyclic) bond motifs is 1. The van der Waals surface area contributed by atoms with E-state index >= 15 is 0 Å². The molecule has 4 heteroatoms. The first-order chi connectivity index (χ1) is 16.0. The van der Waals surface area contributed by atoms with Crippen molar-refractivity contribution in [1.29, 1.82) is 0 Å². The highest BCUT2D eigenvalue weighted by Crippen LogP contribution is 2.28. The van der Waals surface area contributed by atoms with E-state index in [2.05, 4.69) is 84.1 Å². The van der Waals surface area contributed by atoms with E-state index in [-0.39, 0.29) is 5.91 Å². The van der Waals surface area contributed by atoms with Gasteiger partial charge >= 0.3 is 0 Å². The van der Waals surface area contributed by atoms with Crippen molar-refractivity contribution in [3.05, 3.63) is 88.7 Å². The second kappa shape index (κ2) is 10.8. The van der Waals surface area contributed by atoms with Crippen LogP contribution in [0.25, 0.3) is 5.69 Å². The highest BCUT2D eigenvalue weighted by atomic mass is 16.1. The van der Waals surface area contributed by atoms with Gasteiger partial charge in [0.2, 0.25) is 0 Å². The molecule has 1 aliphatic carbocycles. The van der Waals surface area contributed by atoms with Gasteiger partial charge in [0, 0.05) is 48.3 Å². The highest BCUT2D eigenvalue weighted by molar-refractivity contribution is 5.94. The van der Waals surface area contributed by atoms with Gasteiger partial charge in [-0.25, -0.2) is 0 Å². The summed E-state index contributed by atoms with van der Waals surface area (Å²) in [5.41, 5.74) is 7.42. The van der Waals surface area contributed by atoms with Crippen LogP contribution in [0.5, 0.6) is 0 Å². The summed E-state index contributed by atoms with van der Waals surface area (Å²) in [6, 6.07) is 21.4. The molecular weight excluding hydrogens is 406 g/mol. The molecular formula is C29H37N3O. The standard InChI is InChI=1S/C29H37N3O/c1-22(2)31(21-24-10-5-4-6-11-24)19-9-18-30-29(33)25-14-16-27(17-15-25)32-23(3)20-26-12-7-8-13-28(26)32/h4-6,10-11,14-17,20,22H,7-9,12-13,18-19,21H2,1-3H3,(H,30,33). The molecule has 1 amide bonds. The molecule has 2 aromatic carbocycles. The van der Waals surface area contributed by atoms with Crippen molar-refractivity contribution < 1.29 is 4.79 Å². The predicted molar refractivity (Wildman–Crippen MR) is 136 cm³/mol. The Morgan fingerprint density at radius 2 is 1.76 bits per heavy atom. The van der Waals surface area contributed by atoms with Crippen LogP contribution in [0.2, 0.25) is 0 Å². The number of amides is 1. The van der Waals surface area contributed by atoms with Crippen molar-refractivity contribution in [2.24, 2.45) is 0 Å². The van der Waals surface area contributed by atoms with Gasteiger partial charge in [0.1, 0.15) is 0 Å². The van der Waals surface area contributed by atoms with Crippen molar-refractivity contribution in [3.63, 3.8) is 0 Å². The van der Waals surface area contributed by atoms with Gasteiger partial charge in [-0.2, -0.15) is 0 Å². The fourth-order valence-corrected chi connectivity index (χ4v) is 4.90. The average Bonchev–Trinajstić information content (AvgIpc) is 3.17. The van der Waals surface area contributed by atoms with Crippen molar-refractivity contribution in [2.45, 2.75) is 65.5 Å². The van der Waals surface area contributed by atoms with E-state index in [1.807, 2.05) is 12.1 Å². The number of nitrogens with zero attached hydrogens (tertiary/aromatic N) is 2. The minimum absolute atomic E-state index is 0.00645. The monoisotopic (exact) mass is 443 g/mol. The Balaban J connectivity index is 1.30. The minimum Gasteiger partial charge on any atom is -0.352 e. The van der Waals surface area contributed by atoms with Gasteiger partial charge in [0.25, 0.3) is 5.91 Å². The molecule has 1 aromatic heterocycles. The SMILES string of the molecule is Cc1cc2c(n1-c1ccc(C(=O)NCCCN(Cc3ccccc3)C(C)C)cc1)CCCC2. The molecule has 3 aromatic rings. The van der Waals surface area contributed by atoms with Crippen LogP contribution < -0.4 is 5.32 Å². The molecule has 0 fully saturated rings. The lowest BCUT2D eigenvalue weighted by Crippen LogP contribution is -2.34. The van der Waals surface area contributed by atoms with Crippen molar-refractivity contribution in [1.82, 2.24) is 14.8 Å². The molecule has 1 aliphatic rings. The molecule has 4 nitrogen and oxygen atoms in total. The number of nitrogens with one attached hydrogen (secondary N) is 1. The van der Waals surface area contributed by atoms with Gasteiger partial charge in [-0.15, -0.1) is 0 Å². The first-order valence-corrected chi connectivity index (χ1v) is 12.4. The van der Waals surface area contributed by atoms with E-state index < -0.39 is 0 Å². The molecule has 1 heterocycles. The Morgan fingerprint density at radius 3 is 2.48 bits per heavy atom. The van der Waals surface area contributed by atoms with E-state index in [1.165, 1.54) is 41.8 Å². The normalized spacial score (nSPS) is 13.4. The van der Waals surface area contributed by atoms with Gasteiger partial charge in [-0.1, -0.05) is 30.3 Å². The Kier molecular flexibility index (Phi) is 7.66. The van der Waals surface area contributed by atoms with Crippen LogP contribution in [0.4, 0.5) is 0 Å². The summed E-state index contributed by atoms with van der Waals surface area (Å²) in [6.07, 6.45) is 5.81. The summed E-state index contributed by atoms with van der Waals surface area (Å²) in [7, 11) is 0. The molecule has 0 saturated heterocycles. The van der Waals surface area contributed by atoms with E-state index in [1.54, 1.807) is 0 Å². The summed E-state index contributed by atoms with van der Waals surface area (Å²) < 4.78 is 2.36. The van der Waals surface area contributed by atoms with Gasteiger partial charge in [0.15, 0.2) is 0 Å². The van der Waals surface area contributed by atoms with Crippen LogP contribution >= 0.6 is 0 Å². The summed E-state index contributed by atoms with van der Waals surface area (Å²) in [5, 5.41) is 3.10. The third kappa shape index (κ3) is 5.75. The van der Waals surface area contributed by atoms with Crippen molar-refractivity contribution in [3.8, 4) is 5.69 Å². The molecule has 0 spiro atoms. The Hall–Kier alpha value is -2.85. The van der Waals surface area contributed by atoms with Gasteiger partial charge in [0.05, 0.1) is 0 Å². The zero-order valence-electron chi connectivity index (χ0n) is 20.3.